The summed E-state index contributed by atoms with van der Waals surface area (Å²) >= 11 is 0. The van der Waals surface area contributed by atoms with Gasteiger partial charge in [0, 0.05) is 27.5 Å². The number of aromatic nitrogens is 2. The van der Waals surface area contributed by atoms with Crippen LogP contribution >= 0.6 is 0 Å². The van der Waals surface area contributed by atoms with Crippen LogP contribution in [0.25, 0.3) is 122 Å². The zero-order chi connectivity index (χ0) is 40.3. The van der Waals surface area contributed by atoms with Gasteiger partial charge >= 0.3 is 0 Å². The topological polar surface area (TPSA) is 38.9 Å². The smallest absolute Gasteiger partial charge is 0.160 e. The SMILES string of the molecule is c1ccc(-c2nc(-c3ccc(-c4ccc5oc6ccccc6c5c4)cc3)cc(-c3ccc(-c4c5ccccc5c(-c5ccccc5)c5c4ccc4ccccc45)cc3)n2)cc1. The summed E-state index contributed by atoms with van der Waals surface area (Å²) in [5.74, 6) is 0.693. The lowest BCUT2D eigenvalue weighted by Gasteiger charge is -2.19. The summed E-state index contributed by atoms with van der Waals surface area (Å²) in [5, 5.41) is 9.72. The van der Waals surface area contributed by atoms with E-state index in [1.807, 2.05) is 30.3 Å². The maximum absolute atomic E-state index is 6.10. The first-order valence-corrected chi connectivity index (χ1v) is 20.7. The first-order valence-electron chi connectivity index (χ1n) is 20.7. The fraction of sp³-hybridized carbons (Fsp3) is 0. The number of benzene rings is 10. The van der Waals surface area contributed by atoms with Crippen LogP contribution in [0.3, 0.4) is 0 Å². The molecule has 0 spiro atoms. The number of hydrogen-bond donors (Lipinski definition) is 0. The van der Waals surface area contributed by atoms with Crippen LogP contribution in [-0.4, -0.2) is 9.97 Å². The molecule has 0 fully saturated rings. The third-order valence-electron chi connectivity index (χ3n) is 12.1. The normalized spacial score (nSPS) is 11.6. The molecule has 2 heterocycles. The van der Waals surface area contributed by atoms with Gasteiger partial charge in [-0.15, -0.1) is 0 Å². The summed E-state index contributed by atoms with van der Waals surface area (Å²) in [4.78, 5) is 10.3. The molecule has 0 atom stereocenters. The lowest BCUT2D eigenvalue weighted by Crippen LogP contribution is -1.96. The summed E-state index contributed by atoms with van der Waals surface area (Å²) in [6, 6.07) is 77.6. The number of furan rings is 1. The number of rotatable bonds is 6. The molecule has 0 aliphatic carbocycles. The highest BCUT2D eigenvalue weighted by Crippen LogP contribution is 2.46. The Labute approximate surface area is 352 Å². The van der Waals surface area contributed by atoms with E-state index in [2.05, 4.69) is 188 Å². The second-order valence-corrected chi connectivity index (χ2v) is 15.7. The Hall–Kier alpha value is -8.14. The Morgan fingerprint density at radius 3 is 1.49 bits per heavy atom. The molecule has 3 heteroatoms. The van der Waals surface area contributed by atoms with Crippen molar-refractivity contribution in [2.75, 3.05) is 0 Å². The molecule has 0 radical (unpaired) electrons. The molecule has 12 rings (SSSR count). The minimum Gasteiger partial charge on any atom is -0.456 e. The molecule has 0 unspecified atom stereocenters. The van der Waals surface area contributed by atoms with Gasteiger partial charge in [0.2, 0.25) is 0 Å². The summed E-state index contributed by atoms with van der Waals surface area (Å²) in [6.45, 7) is 0. The van der Waals surface area contributed by atoms with Crippen molar-refractivity contribution in [3.63, 3.8) is 0 Å². The van der Waals surface area contributed by atoms with Crippen molar-refractivity contribution in [1.29, 1.82) is 0 Å². The van der Waals surface area contributed by atoms with Crippen molar-refractivity contribution in [3.8, 4) is 67.3 Å². The van der Waals surface area contributed by atoms with E-state index in [1.165, 1.54) is 49.0 Å². The predicted octanol–water partition coefficient (Wildman–Crippen LogP) is 15.8. The number of para-hydroxylation sites is 1. The molecular formula is C58H36N2O. The van der Waals surface area contributed by atoms with E-state index in [4.69, 9.17) is 14.4 Å². The predicted molar refractivity (Wildman–Crippen MR) is 254 cm³/mol. The van der Waals surface area contributed by atoms with Gasteiger partial charge in [-0.1, -0.05) is 194 Å². The van der Waals surface area contributed by atoms with E-state index in [0.29, 0.717) is 5.82 Å². The molecular weight excluding hydrogens is 741 g/mol. The molecule has 0 N–H and O–H groups in total. The van der Waals surface area contributed by atoms with E-state index in [1.54, 1.807) is 0 Å². The summed E-state index contributed by atoms with van der Waals surface area (Å²) in [7, 11) is 0. The molecule has 0 bridgehead atoms. The lowest BCUT2D eigenvalue weighted by molar-refractivity contribution is 0.669. The van der Waals surface area contributed by atoms with Crippen LogP contribution in [0, 0.1) is 0 Å². The minimum atomic E-state index is 0.693. The first-order chi connectivity index (χ1) is 30.2. The van der Waals surface area contributed by atoms with Gasteiger partial charge in [0.05, 0.1) is 11.4 Å². The fourth-order valence-corrected chi connectivity index (χ4v) is 9.17. The van der Waals surface area contributed by atoms with E-state index in [9.17, 15) is 0 Å². The van der Waals surface area contributed by atoms with E-state index in [-0.39, 0.29) is 0 Å². The maximum atomic E-state index is 6.10. The van der Waals surface area contributed by atoms with Gasteiger partial charge in [-0.2, -0.15) is 0 Å². The van der Waals surface area contributed by atoms with Gasteiger partial charge in [0.1, 0.15) is 11.2 Å². The van der Waals surface area contributed by atoms with Crippen LogP contribution in [0.15, 0.2) is 223 Å². The molecule has 0 aliphatic heterocycles. The van der Waals surface area contributed by atoms with Gasteiger partial charge in [-0.05, 0) is 90.0 Å². The van der Waals surface area contributed by atoms with E-state index >= 15 is 0 Å². The number of nitrogens with zero attached hydrogens (tertiary/aromatic N) is 2. The quantitative estimate of drug-likeness (QED) is 0.125. The van der Waals surface area contributed by atoms with Gasteiger partial charge in [-0.25, -0.2) is 9.97 Å². The Bertz CT molecular complexity index is 3610. The number of hydrogen-bond acceptors (Lipinski definition) is 3. The highest BCUT2D eigenvalue weighted by molar-refractivity contribution is 6.28. The Morgan fingerprint density at radius 1 is 0.279 bits per heavy atom. The van der Waals surface area contributed by atoms with Crippen LogP contribution in [0.4, 0.5) is 0 Å². The molecule has 10 aromatic carbocycles. The standard InChI is InChI=1S/C58H36N2O/c1-3-14-41(15-4-1)56-48-21-10-9-20-47(48)55(49-33-31-38-13-7-8-18-45(38)57(49)56)42-29-27-40(28-30-42)52-36-51(59-58(60-52)43-16-5-2-6-17-43)39-25-23-37(24-26-39)44-32-34-54-50(35-44)46-19-11-12-22-53(46)61-54/h1-36H. The molecule has 0 saturated carbocycles. The van der Waals surface area contributed by atoms with Crippen molar-refractivity contribution in [1.82, 2.24) is 9.97 Å². The summed E-state index contributed by atoms with van der Waals surface area (Å²) < 4.78 is 6.10. The zero-order valence-corrected chi connectivity index (χ0v) is 33.1. The van der Waals surface area contributed by atoms with Gasteiger partial charge < -0.3 is 4.42 Å². The molecule has 2 aromatic heterocycles. The largest absolute Gasteiger partial charge is 0.456 e. The molecule has 12 aromatic rings. The van der Waals surface area contributed by atoms with E-state index < -0.39 is 0 Å². The van der Waals surface area contributed by atoms with Gasteiger partial charge in [-0.3, -0.25) is 0 Å². The van der Waals surface area contributed by atoms with Gasteiger partial charge in [0.15, 0.2) is 5.82 Å². The average molecular weight is 777 g/mol. The van der Waals surface area contributed by atoms with Crippen molar-refractivity contribution in [2.45, 2.75) is 0 Å². The van der Waals surface area contributed by atoms with Crippen molar-refractivity contribution >= 4 is 54.3 Å². The van der Waals surface area contributed by atoms with Crippen molar-refractivity contribution in [3.05, 3.63) is 218 Å². The lowest BCUT2D eigenvalue weighted by atomic mass is 9.84. The second kappa shape index (κ2) is 14.3. The molecule has 0 saturated heterocycles. The molecule has 3 nitrogen and oxygen atoms in total. The maximum Gasteiger partial charge on any atom is 0.160 e. The van der Waals surface area contributed by atoms with E-state index in [0.717, 1.165) is 66.7 Å². The average Bonchev–Trinajstić information content (AvgIpc) is 3.72. The first kappa shape index (κ1) is 34.9. The Kier molecular flexibility index (Phi) is 8.17. The summed E-state index contributed by atoms with van der Waals surface area (Å²) in [5.41, 5.74) is 13.7. The Morgan fingerprint density at radius 2 is 0.787 bits per heavy atom. The molecule has 284 valence electrons. The second-order valence-electron chi connectivity index (χ2n) is 15.7. The molecule has 0 aliphatic rings. The van der Waals surface area contributed by atoms with Crippen molar-refractivity contribution in [2.24, 2.45) is 0 Å². The highest BCUT2D eigenvalue weighted by Gasteiger charge is 2.19. The zero-order valence-electron chi connectivity index (χ0n) is 33.1. The van der Waals surface area contributed by atoms with Gasteiger partial charge in [0.25, 0.3) is 0 Å². The minimum absolute atomic E-state index is 0.693. The Balaban J connectivity index is 0.972. The monoisotopic (exact) mass is 776 g/mol. The van der Waals surface area contributed by atoms with Crippen molar-refractivity contribution < 1.29 is 4.42 Å². The van der Waals surface area contributed by atoms with Crippen LogP contribution in [0.1, 0.15) is 0 Å². The number of fused-ring (bicyclic) bond motifs is 7. The van der Waals surface area contributed by atoms with Crippen LogP contribution in [-0.2, 0) is 0 Å². The van der Waals surface area contributed by atoms with Crippen LogP contribution in [0.5, 0.6) is 0 Å². The van der Waals surface area contributed by atoms with Crippen LogP contribution in [0.2, 0.25) is 0 Å². The summed E-state index contributed by atoms with van der Waals surface area (Å²) in [6.07, 6.45) is 0. The molecule has 61 heavy (non-hydrogen) atoms. The fourth-order valence-electron chi connectivity index (χ4n) is 9.17. The molecule has 0 amide bonds. The third kappa shape index (κ3) is 5.98. The highest BCUT2D eigenvalue weighted by atomic mass is 16.3. The van der Waals surface area contributed by atoms with Crippen LogP contribution < -0.4 is 0 Å². The third-order valence-corrected chi connectivity index (χ3v) is 12.1.